The van der Waals surface area contributed by atoms with Crippen LogP contribution in [0.25, 0.3) is 0 Å². The number of carbonyl (C=O) groups is 2. The molecule has 4 rings (SSSR count). The highest BCUT2D eigenvalue weighted by Gasteiger charge is 2.49. The summed E-state index contributed by atoms with van der Waals surface area (Å²) in [6.07, 6.45) is 6.46. The van der Waals surface area contributed by atoms with Crippen molar-refractivity contribution in [2.24, 2.45) is 23.5 Å². The Labute approximate surface area is 176 Å². The number of hydrogen-bond acceptors (Lipinski definition) is 4. The number of amides is 2. The van der Waals surface area contributed by atoms with E-state index in [0.717, 1.165) is 19.3 Å². The van der Waals surface area contributed by atoms with Crippen LogP contribution < -0.4 is 16.4 Å². The van der Waals surface area contributed by atoms with Gasteiger partial charge in [0, 0.05) is 35.4 Å². The van der Waals surface area contributed by atoms with E-state index in [0.29, 0.717) is 28.8 Å². The SMILES string of the molecule is Cl.Cl.NC1C2CCC(C2)C1C(=O)Nc1cccc(NC(=O)c2ccncc2)c1. The van der Waals surface area contributed by atoms with Crippen molar-refractivity contribution in [1.29, 1.82) is 0 Å². The highest BCUT2D eigenvalue weighted by Crippen LogP contribution is 2.47. The Morgan fingerprint density at radius 3 is 2.25 bits per heavy atom. The highest BCUT2D eigenvalue weighted by atomic mass is 35.5. The molecule has 4 atom stereocenters. The average Bonchev–Trinajstić information content (AvgIpc) is 3.24. The second-order valence-corrected chi connectivity index (χ2v) is 7.20. The number of nitrogens with one attached hydrogen (secondary N) is 2. The number of carbonyl (C=O) groups excluding carboxylic acids is 2. The smallest absolute Gasteiger partial charge is 0.255 e. The largest absolute Gasteiger partial charge is 0.327 e. The van der Waals surface area contributed by atoms with Gasteiger partial charge in [-0.05, 0) is 61.4 Å². The zero-order valence-electron chi connectivity index (χ0n) is 15.2. The monoisotopic (exact) mass is 422 g/mol. The molecule has 2 aliphatic rings. The van der Waals surface area contributed by atoms with Gasteiger partial charge in [-0.3, -0.25) is 14.6 Å². The van der Waals surface area contributed by atoms with E-state index in [9.17, 15) is 9.59 Å². The second kappa shape index (κ2) is 9.37. The van der Waals surface area contributed by atoms with Crippen molar-refractivity contribution in [2.45, 2.75) is 25.3 Å². The predicted octanol–water partition coefficient (Wildman–Crippen LogP) is 3.49. The number of nitrogens with zero attached hydrogens (tertiary/aromatic N) is 1. The molecular formula is C20H24Cl2N4O2. The lowest BCUT2D eigenvalue weighted by atomic mass is 9.84. The minimum absolute atomic E-state index is 0. The van der Waals surface area contributed by atoms with E-state index in [1.54, 1.807) is 42.7 Å². The molecule has 0 spiro atoms. The van der Waals surface area contributed by atoms with Crippen molar-refractivity contribution in [2.75, 3.05) is 10.6 Å². The fourth-order valence-corrected chi connectivity index (χ4v) is 4.33. The Morgan fingerprint density at radius 1 is 0.964 bits per heavy atom. The van der Waals surface area contributed by atoms with Crippen LogP contribution in [0, 0.1) is 17.8 Å². The van der Waals surface area contributed by atoms with Crippen molar-refractivity contribution in [3.63, 3.8) is 0 Å². The molecule has 2 aliphatic carbocycles. The summed E-state index contributed by atoms with van der Waals surface area (Å²) in [5, 5.41) is 5.81. The molecule has 2 amide bonds. The third kappa shape index (κ3) is 4.46. The number of hydrogen-bond donors (Lipinski definition) is 3. The average molecular weight is 423 g/mol. The van der Waals surface area contributed by atoms with Crippen LogP contribution in [-0.2, 0) is 4.79 Å². The van der Waals surface area contributed by atoms with Crippen LogP contribution >= 0.6 is 24.8 Å². The third-order valence-electron chi connectivity index (χ3n) is 5.61. The minimum Gasteiger partial charge on any atom is -0.327 e. The molecule has 4 N–H and O–H groups in total. The van der Waals surface area contributed by atoms with Crippen LogP contribution in [0.3, 0.4) is 0 Å². The molecule has 0 saturated heterocycles. The van der Waals surface area contributed by atoms with Gasteiger partial charge in [0.05, 0.1) is 5.92 Å². The fourth-order valence-electron chi connectivity index (χ4n) is 4.33. The third-order valence-corrected chi connectivity index (χ3v) is 5.61. The molecule has 2 saturated carbocycles. The summed E-state index contributed by atoms with van der Waals surface area (Å²) in [6.45, 7) is 0. The molecule has 1 aromatic carbocycles. The van der Waals surface area contributed by atoms with Gasteiger partial charge in [-0.15, -0.1) is 24.8 Å². The Bertz CT molecular complexity index is 832. The van der Waals surface area contributed by atoms with E-state index in [1.807, 2.05) is 6.07 Å². The lowest BCUT2D eigenvalue weighted by molar-refractivity contribution is -0.121. The Hall–Kier alpha value is -2.15. The number of halogens is 2. The molecule has 1 heterocycles. The Morgan fingerprint density at radius 2 is 1.61 bits per heavy atom. The van der Waals surface area contributed by atoms with E-state index in [2.05, 4.69) is 15.6 Å². The van der Waals surface area contributed by atoms with Gasteiger partial charge in [-0.25, -0.2) is 0 Å². The van der Waals surface area contributed by atoms with Crippen LogP contribution in [-0.4, -0.2) is 22.8 Å². The number of benzene rings is 1. The van der Waals surface area contributed by atoms with Crippen LogP contribution in [0.4, 0.5) is 11.4 Å². The van der Waals surface area contributed by atoms with Gasteiger partial charge in [-0.1, -0.05) is 6.07 Å². The second-order valence-electron chi connectivity index (χ2n) is 7.20. The molecule has 2 fully saturated rings. The van der Waals surface area contributed by atoms with Crippen LogP contribution in [0.5, 0.6) is 0 Å². The van der Waals surface area contributed by atoms with Crippen LogP contribution in [0.1, 0.15) is 29.6 Å². The van der Waals surface area contributed by atoms with Gasteiger partial charge in [0.2, 0.25) is 5.91 Å². The Kier molecular flexibility index (Phi) is 7.41. The lowest BCUT2D eigenvalue weighted by Crippen LogP contribution is -2.42. The molecule has 1 aromatic heterocycles. The van der Waals surface area contributed by atoms with Gasteiger partial charge < -0.3 is 16.4 Å². The predicted molar refractivity (Wildman–Crippen MR) is 114 cm³/mol. The molecule has 0 aliphatic heterocycles. The molecule has 4 unspecified atom stereocenters. The van der Waals surface area contributed by atoms with Gasteiger partial charge in [0.1, 0.15) is 0 Å². The molecular weight excluding hydrogens is 399 g/mol. The first-order chi connectivity index (χ1) is 12.6. The van der Waals surface area contributed by atoms with E-state index in [1.165, 1.54) is 0 Å². The highest BCUT2D eigenvalue weighted by molar-refractivity contribution is 6.04. The van der Waals surface area contributed by atoms with Gasteiger partial charge in [0.15, 0.2) is 0 Å². The molecule has 2 bridgehead atoms. The maximum absolute atomic E-state index is 12.7. The first kappa shape index (κ1) is 22.1. The summed E-state index contributed by atoms with van der Waals surface area (Å²) in [5.74, 6) is 0.559. The van der Waals surface area contributed by atoms with Crippen molar-refractivity contribution >= 4 is 48.0 Å². The number of pyridine rings is 1. The maximum atomic E-state index is 12.7. The topological polar surface area (TPSA) is 97.1 Å². The number of aromatic nitrogens is 1. The first-order valence-electron chi connectivity index (χ1n) is 9.00. The van der Waals surface area contributed by atoms with E-state index >= 15 is 0 Å². The van der Waals surface area contributed by atoms with E-state index in [-0.39, 0.29) is 48.6 Å². The quantitative estimate of drug-likeness (QED) is 0.701. The maximum Gasteiger partial charge on any atom is 0.255 e. The summed E-state index contributed by atoms with van der Waals surface area (Å²) < 4.78 is 0. The van der Waals surface area contributed by atoms with E-state index < -0.39 is 0 Å². The molecule has 8 heteroatoms. The van der Waals surface area contributed by atoms with Crippen molar-refractivity contribution < 1.29 is 9.59 Å². The summed E-state index contributed by atoms with van der Waals surface area (Å²) in [7, 11) is 0. The standard InChI is InChI=1S/C20H22N4O2.2ClH/c21-18-14-5-4-13(10-14)17(18)20(26)24-16-3-1-2-15(11-16)23-19(25)12-6-8-22-9-7-12;;/h1-3,6-9,11,13-14,17-18H,4-5,10,21H2,(H,23,25)(H,24,26);2*1H. The fraction of sp³-hybridized carbons (Fsp3) is 0.350. The molecule has 2 aromatic rings. The minimum atomic E-state index is -0.217. The Balaban J connectivity index is 0.00000140. The normalized spacial score (nSPS) is 24.6. The van der Waals surface area contributed by atoms with Crippen LogP contribution in [0.2, 0.25) is 0 Å². The summed E-state index contributed by atoms with van der Waals surface area (Å²) in [6, 6.07) is 10.4. The zero-order valence-corrected chi connectivity index (χ0v) is 16.8. The zero-order chi connectivity index (χ0) is 18.1. The summed E-state index contributed by atoms with van der Waals surface area (Å²) in [4.78, 5) is 28.8. The molecule has 6 nitrogen and oxygen atoms in total. The molecule has 150 valence electrons. The van der Waals surface area contributed by atoms with Gasteiger partial charge in [0.25, 0.3) is 5.91 Å². The molecule has 28 heavy (non-hydrogen) atoms. The lowest BCUT2D eigenvalue weighted by Gasteiger charge is -2.27. The first-order valence-corrected chi connectivity index (χ1v) is 9.00. The number of fused-ring (bicyclic) bond motifs is 2. The van der Waals surface area contributed by atoms with Crippen molar-refractivity contribution in [3.05, 3.63) is 54.4 Å². The summed E-state index contributed by atoms with van der Waals surface area (Å²) in [5.41, 5.74) is 8.08. The van der Waals surface area contributed by atoms with Crippen LogP contribution in [0.15, 0.2) is 48.8 Å². The summed E-state index contributed by atoms with van der Waals surface area (Å²) >= 11 is 0. The van der Waals surface area contributed by atoms with Gasteiger partial charge >= 0.3 is 0 Å². The van der Waals surface area contributed by atoms with Crippen molar-refractivity contribution in [1.82, 2.24) is 4.98 Å². The number of anilines is 2. The van der Waals surface area contributed by atoms with E-state index in [4.69, 9.17) is 5.73 Å². The number of rotatable bonds is 4. The molecule has 0 radical (unpaired) electrons. The van der Waals surface area contributed by atoms with Crippen molar-refractivity contribution in [3.8, 4) is 0 Å². The van der Waals surface area contributed by atoms with Gasteiger partial charge in [-0.2, -0.15) is 0 Å². The number of nitrogens with two attached hydrogens (primary N) is 1.